The predicted octanol–water partition coefficient (Wildman–Crippen LogP) is 5.46. The average molecular weight is 488 g/mol. The number of H-pyrrole nitrogens is 1. The lowest BCUT2D eigenvalue weighted by Gasteiger charge is -2.37. The first-order valence-electron chi connectivity index (χ1n) is 11.3. The fourth-order valence-corrected chi connectivity index (χ4v) is 5.30. The van der Waals surface area contributed by atoms with Gasteiger partial charge in [0.05, 0.1) is 0 Å². The minimum absolute atomic E-state index is 0.142. The Morgan fingerprint density at radius 2 is 1.81 bits per heavy atom. The zero-order valence-corrected chi connectivity index (χ0v) is 20.9. The predicted molar refractivity (Wildman–Crippen MR) is 131 cm³/mol. The van der Waals surface area contributed by atoms with E-state index < -0.39 is 0 Å². The summed E-state index contributed by atoms with van der Waals surface area (Å²) in [6, 6.07) is 4.62. The first-order chi connectivity index (χ1) is 14.7. The number of pyridine rings is 1. The summed E-state index contributed by atoms with van der Waals surface area (Å²) in [5.74, 6) is -0.142. The van der Waals surface area contributed by atoms with Crippen molar-refractivity contribution in [1.82, 2.24) is 10.3 Å². The van der Waals surface area contributed by atoms with Crippen molar-refractivity contribution in [1.29, 1.82) is 0 Å². The van der Waals surface area contributed by atoms with E-state index in [9.17, 15) is 9.59 Å². The number of rotatable bonds is 6. The first kappa shape index (κ1) is 23.6. The van der Waals surface area contributed by atoms with E-state index in [1.54, 1.807) is 0 Å². The standard InChI is InChI=1S/C25H34BrN3O2/c1-6-29(19-10-8-7-9-11-19)22-13-21(26)17(4)23(18(22)5)25(31)27-14-20-15(2)12-16(3)28-24(20)30/h12-13,19H,6-11,14H2,1-5H3,(H,27,31)(H,28,30). The largest absolute Gasteiger partial charge is 0.369 e. The SMILES string of the molecule is CCN(c1cc(Br)c(C)c(C(=O)NCc2c(C)cc(C)[nH]c2=O)c1C)C1CCCCC1. The van der Waals surface area contributed by atoms with Gasteiger partial charge in [0.2, 0.25) is 0 Å². The maximum atomic E-state index is 13.3. The van der Waals surface area contributed by atoms with Crippen molar-refractivity contribution < 1.29 is 4.79 Å². The Morgan fingerprint density at radius 1 is 1.13 bits per heavy atom. The summed E-state index contributed by atoms with van der Waals surface area (Å²) in [4.78, 5) is 30.9. The molecule has 0 radical (unpaired) electrons. The molecule has 2 N–H and O–H groups in total. The van der Waals surface area contributed by atoms with Gasteiger partial charge in [-0.2, -0.15) is 0 Å². The number of benzene rings is 1. The third kappa shape index (κ3) is 5.05. The molecule has 0 saturated heterocycles. The molecule has 3 rings (SSSR count). The van der Waals surface area contributed by atoms with Crippen LogP contribution in [0.4, 0.5) is 5.69 Å². The lowest BCUT2D eigenvalue weighted by atomic mass is 9.92. The van der Waals surface area contributed by atoms with Gasteiger partial charge < -0.3 is 15.2 Å². The van der Waals surface area contributed by atoms with Crippen LogP contribution in [0.2, 0.25) is 0 Å². The second-order valence-electron chi connectivity index (χ2n) is 8.71. The van der Waals surface area contributed by atoms with Crippen LogP contribution in [0.1, 0.15) is 77.3 Å². The summed E-state index contributed by atoms with van der Waals surface area (Å²) in [6.45, 7) is 11.1. The number of carbonyl (C=O) groups is 1. The molecule has 1 fully saturated rings. The monoisotopic (exact) mass is 487 g/mol. The first-order valence-corrected chi connectivity index (χ1v) is 12.1. The number of anilines is 1. The molecule has 31 heavy (non-hydrogen) atoms. The highest BCUT2D eigenvalue weighted by Crippen LogP contribution is 2.35. The molecular weight excluding hydrogens is 454 g/mol. The van der Waals surface area contributed by atoms with Crippen LogP contribution in [0.5, 0.6) is 0 Å². The van der Waals surface area contributed by atoms with E-state index in [4.69, 9.17) is 0 Å². The molecule has 1 aliphatic rings. The van der Waals surface area contributed by atoms with Crippen molar-refractivity contribution in [2.24, 2.45) is 0 Å². The molecular formula is C25H34BrN3O2. The van der Waals surface area contributed by atoms with Gasteiger partial charge in [0.25, 0.3) is 11.5 Å². The molecule has 1 aromatic carbocycles. The van der Waals surface area contributed by atoms with Crippen molar-refractivity contribution in [2.75, 3.05) is 11.4 Å². The van der Waals surface area contributed by atoms with Crippen LogP contribution in [-0.4, -0.2) is 23.5 Å². The fraction of sp³-hybridized carbons (Fsp3) is 0.520. The molecule has 0 atom stereocenters. The van der Waals surface area contributed by atoms with Crippen molar-refractivity contribution >= 4 is 27.5 Å². The smallest absolute Gasteiger partial charge is 0.253 e. The van der Waals surface area contributed by atoms with Crippen molar-refractivity contribution in [3.8, 4) is 0 Å². The van der Waals surface area contributed by atoms with E-state index in [1.165, 1.54) is 32.1 Å². The second kappa shape index (κ2) is 10.0. The van der Waals surface area contributed by atoms with Gasteiger partial charge in [-0.25, -0.2) is 0 Å². The number of nitrogens with zero attached hydrogens (tertiary/aromatic N) is 1. The summed E-state index contributed by atoms with van der Waals surface area (Å²) in [5, 5.41) is 2.99. The Bertz CT molecular complexity index is 1020. The molecule has 1 aliphatic carbocycles. The molecule has 0 spiro atoms. The van der Waals surface area contributed by atoms with Crippen molar-refractivity contribution in [3.05, 3.63) is 60.5 Å². The molecule has 168 valence electrons. The van der Waals surface area contributed by atoms with Gasteiger partial charge in [-0.3, -0.25) is 9.59 Å². The summed E-state index contributed by atoms with van der Waals surface area (Å²) in [6.07, 6.45) is 6.26. The van der Waals surface area contributed by atoms with E-state index in [-0.39, 0.29) is 18.0 Å². The molecule has 0 unspecified atom stereocenters. The third-order valence-corrected chi connectivity index (χ3v) is 7.39. The molecule has 5 nitrogen and oxygen atoms in total. The topological polar surface area (TPSA) is 65.2 Å². The van der Waals surface area contributed by atoms with Gasteiger partial charge in [0.15, 0.2) is 0 Å². The number of aromatic nitrogens is 1. The molecule has 0 bridgehead atoms. The Morgan fingerprint density at radius 3 is 2.42 bits per heavy atom. The number of hydrogen-bond acceptors (Lipinski definition) is 3. The molecule has 6 heteroatoms. The summed E-state index contributed by atoms with van der Waals surface area (Å²) >= 11 is 3.69. The Labute approximate surface area is 193 Å². The highest BCUT2D eigenvalue weighted by molar-refractivity contribution is 9.10. The molecule has 1 aromatic heterocycles. The molecule has 2 aromatic rings. The van der Waals surface area contributed by atoms with E-state index in [0.29, 0.717) is 17.2 Å². The average Bonchev–Trinajstić information content (AvgIpc) is 2.72. The number of nitrogens with one attached hydrogen (secondary N) is 2. The maximum Gasteiger partial charge on any atom is 0.253 e. The van der Waals surface area contributed by atoms with Crippen LogP contribution in [0.3, 0.4) is 0 Å². The Hall–Kier alpha value is -2.08. The van der Waals surface area contributed by atoms with Crippen LogP contribution < -0.4 is 15.8 Å². The molecule has 1 saturated carbocycles. The Kier molecular flexibility index (Phi) is 7.63. The Balaban J connectivity index is 1.91. The molecule has 1 amide bonds. The lowest BCUT2D eigenvalue weighted by Crippen LogP contribution is -2.37. The van der Waals surface area contributed by atoms with Crippen molar-refractivity contribution in [3.63, 3.8) is 0 Å². The van der Waals surface area contributed by atoms with E-state index >= 15 is 0 Å². The van der Waals surface area contributed by atoms with Crippen LogP contribution in [-0.2, 0) is 6.54 Å². The number of aromatic amines is 1. The maximum absolute atomic E-state index is 13.3. The number of hydrogen-bond donors (Lipinski definition) is 2. The number of amides is 1. The molecule has 1 heterocycles. The van der Waals surface area contributed by atoms with Gasteiger partial charge in [-0.15, -0.1) is 0 Å². The van der Waals surface area contributed by atoms with Gasteiger partial charge in [-0.1, -0.05) is 35.2 Å². The number of halogens is 1. The van der Waals surface area contributed by atoms with E-state index in [1.807, 2.05) is 33.8 Å². The van der Waals surface area contributed by atoms with Gasteiger partial charge in [-0.05, 0) is 76.3 Å². The number of aryl methyl sites for hydroxylation is 2. The van der Waals surface area contributed by atoms with Crippen LogP contribution in [0.15, 0.2) is 21.4 Å². The third-order valence-electron chi connectivity index (χ3n) is 6.57. The number of carbonyl (C=O) groups excluding carboxylic acids is 1. The quantitative estimate of drug-likeness (QED) is 0.568. The summed E-state index contributed by atoms with van der Waals surface area (Å²) in [7, 11) is 0. The van der Waals surface area contributed by atoms with E-state index in [0.717, 1.165) is 39.1 Å². The minimum atomic E-state index is -0.143. The summed E-state index contributed by atoms with van der Waals surface area (Å²) < 4.78 is 0.942. The van der Waals surface area contributed by atoms with Crippen LogP contribution in [0.25, 0.3) is 0 Å². The zero-order valence-electron chi connectivity index (χ0n) is 19.3. The molecule has 0 aliphatic heterocycles. The second-order valence-corrected chi connectivity index (χ2v) is 9.56. The fourth-order valence-electron chi connectivity index (χ4n) is 4.88. The van der Waals surface area contributed by atoms with Crippen LogP contribution >= 0.6 is 15.9 Å². The summed E-state index contributed by atoms with van der Waals surface area (Å²) in [5.41, 5.74) is 5.91. The minimum Gasteiger partial charge on any atom is -0.369 e. The normalized spacial score (nSPS) is 14.5. The lowest BCUT2D eigenvalue weighted by molar-refractivity contribution is 0.0949. The van der Waals surface area contributed by atoms with Gasteiger partial charge in [0.1, 0.15) is 0 Å². The van der Waals surface area contributed by atoms with Gasteiger partial charge in [0, 0.05) is 46.1 Å². The zero-order chi connectivity index (χ0) is 22.7. The highest BCUT2D eigenvalue weighted by atomic mass is 79.9. The van der Waals surface area contributed by atoms with Crippen LogP contribution in [0, 0.1) is 27.7 Å². The van der Waals surface area contributed by atoms with Gasteiger partial charge >= 0.3 is 0 Å². The van der Waals surface area contributed by atoms with E-state index in [2.05, 4.69) is 44.1 Å². The highest BCUT2D eigenvalue weighted by Gasteiger charge is 2.25. The van der Waals surface area contributed by atoms with Crippen molar-refractivity contribution in [2.45, 2.75) is 79.3 Å².